The fourth-order valence-electron chi connectivity index (χ4n) is 7.23. The lowest BCUT2D eigenvalue weighted by molar-refractivity contribution is -0.0443. The van der Waals surface area contributed by atoms with Gasteiger partial charge < -0.3 is 9.05 Å². The molecule has 0 radical (unpaired) electrons. The van der Waals surface area contributed by atoms with E-state index in [4.69, 9.17) is 9.05 Å². The summed E-state index contributed by atoms with van der Waals surface area (Å²) in [6.45, 7) is 0. The zero-order valence-electron chi connectivity index (χ0n) is 29.8. The highest BCUT2D eigenvalue weighted by atomic mass is 32.2. The maximum Gasteiger partial charge on any atom is 0.518 e. The van der Waals surface area contributed by atoms with Crippen molar-refractivity contribution in [3.63, 3.8) is 0 Å². The molecule has 0 bridgehead atoms. The van der Waals surface area contributed by atoms with Gasteiger partial charge >= 0.3 is 38.7 Å². The molecule has 298 valence electrons. The molecule has 0 fully saturated rings. The summed E-state index contributed by atoms with van der Waals surface area (Å²) in [7, 11) is -19.8. The number of alkyl halides is 6. The lowest BCUT2D eigenvalue weighted by Crippen LogP contribution is -2.37. The third-order valence-electron chi connectivity index (χ3n) is 9.85. The van der Waals surface area contributed by atoms with Crippen molar-refractivity contribution in [3.05, 3.63) is 146 Å². The third kappa shape index (κ3) is 6.65. The SMILES string of the molecule is O=S(=O)(N=P1(NS(=O)(=O)C(F)(F)F)Oc2c(-c3ccc4ccccc4c3)cc3ccccc3c2-c2c(c(-c3ccc4ccccc4c3)cc3ccccc23)O1)C(F)(F)F. The van der Waals surface area contributed by atoms with Crippen LogP contribution in [0.3, 0.4) is 0 Å². The van der Waals surface area contributed by atoms with Gasteiger partial charge in [0, 0.05) is 22.3 Å². The average Bonchev–Trinajstić information content (AvgIpc) is 3.33. The molecule has 0 aromatic heterocycles. The summed E-state index contributed by atoms with van der Waals surface area (Å²) in [5.74, 6) is -0.976. The Bertz CT molecular complexity index is 3180. The highest BCUT2D eigenvalue weighted by molar-refractivity contribution is 7.99. The molecule has 0 saturated carbocycles. The number of benzene rings is 8. The van der Waals surface area contributed by atoms with E-state index in [1.807, 2.05) is 12.1 Å². The first-order chi connectivity index (χ1) is 27.9. The van der Waals surface area contributed by atoms with Gasteiger partial charge in [0.05, 0.1) is 0 Å². The fourth-order valence-corrected chi connectivity index (χ4v) is 12.3. The Morgan fingerprint density at radius 3 is 1.27 bits per heavy atom. The number of nitrogens with zero attached hydrogens (tertiary/aromatic N) is 1. The van der Waals surface area contributed by atoms with Crippen molar-refractivity contribution in [1.29, 1.82) is 0 Å². The molecule has 1 heterocycles. The molecule has 17 heteroatoms. The van der Waals surface area contributed by atoms with Crippen LogP contribution < -0.4 is 13.5 Å². The van der Waals surface area contributed by atoms with Gasteiger partial charge in [-0.05, 0) is 78.5 Å². The quantitative estimate of drug-likeness (QED) is 0.136. The molecule has 8 aromatic rings. The molecule has 9 rings (SSSR count). The van der Waals surface area contributed by atoms with Crippen molar-refractivity contribution in [3.8, 4) is 44.9 Å². The Labute approximate surface area is 332 Å². The van der Waals surface area contributed by atoms with E-state index in [1.165, 1.54) is 0 Å². The molecule has 1 N–H and O–H groups in total. The predicted octanol–water partition coefficient (Wildman–Crippen LogP) is 12.3. The van der Waals surface area contributed by atoms with Crippen molar-refractivity contribution in [2.75, 3.05) is 0 Å². The van der Waals surface area contributed by atoms with Crippen LogP contribution in [0, 0.1) is 0 Å². The smallest absolute Gasteiger partial charge is 0.416 e. The minimum absolute atomic E-state index is 0.0521. The molecule has 0 atom stereocenters. The van der Waals surface area contributed by atoms with Crippen molar-refractivity contribution >= 4 is 70.8 Å². The van der Waals surface area contributed by atoms with Crippen molar-refractivity contribution in [1.82, 2.24) is 4.49 Å². The largest absolute Gasteiger partial charge is 0.518 e. The number of halogens is 6. The van der Waals surface area contributed by atoms with Crippen LogP contribution in [-0.2, 0) is 20.0 Å². The fraction of sp³-hybridized carbons (Fsp3) is 0.0476. The Kier molecular flexibility index (Phi) is 8.87. The molecule has 8 nitrogen and oxygen atoms in total. The van der Waals surface area contributed by atoms with Crippen LogP contribution in [0.25, 0.3) is 76.5 Å². The Morgan fingerprint density at radius 2 is 0.864 bits per heavy atom. The first-order valence-corrected chi connectivity index (χ1v) is 22.0. The van der Waals surface area contributed by atoms with Crippen LogP contribution in [0.1, 0.15) is 0 Å². The van der Waals surface area contributed by atoms with Gasteiger partial charge in [-0.2, -0.15) is 34.8 Å². The van der Waals surface area contributed by atoms with Gasteiger partial charge in [0.25, 0.3) is 0 Å². The molecule has 59 heavy (non-hydrogen) atoms. The minimum Gasteiger partial charge on any atom is -0.416 e. The summed E-state index contributed by atoms with van der Waals surface area (Å²) in [5, 5.41) is 4.72. The topological polar surface area (TPSA) is 111 Å². The van der Waals surface area contributed by atoms with Crippen LogP contribution in [-0.4, -0.2) is 27.9 Å². The van der Waals surface area contributed by atoms with Crippen LogP contribution in [0.5, 0.6) is 11.5 Å². The van der Waals surface area contributed by atoms with E-state index in [1.54, 1.807) is 133 Å². The summed E-state index contributed by atoms with van der Waals surface area (Å²) in [5.41, 5.74) is -11.5. The van der Waals surface area contributed by atoms with E-state index in [2.05, 4.69) is 4.15 Å². The van der Waals surface area contributed by atoms with Crippen LogP contribution in [0.2, 0.25) is 0 Å². The predicted molar refractivity (Wildman–Crippen MR) is 216 cm³/mol. The van der Waals surface area contributed by atoms with Crippen molar-refractivity contribution < 1.29 is 52.2 Å². The number of rotatable bonds is 5. The van der Waals surface area contributed by atoms with Gasteiger partial charge in [-0.3, -0.25) is 0 Å². The lowest BCUT2D eigenvalue weighted by atomic mass is 9.86. The van der Waals surface area contributed by atoms with Gasteiger partial charge in [0.2, 0.25) is 0 Å². The van der Waals surface area contributed by atoms with Gasteiger partial charge in [-0.15, -0.1) is 4.49 Å². The zero-order chi connectivity index (χ0) is 41.5. The molecule has 0 spiro atoms. The first-order valence-electron chi connectivity index (χ1n) is 17.5. The molecular weight excluding hydrogens is 838 g/mol. The molecule has 1 aliphatic rings. The second kappa shape index (κ2) is 13.6. The monoisotopic (exact) mass is 862 g/mol. The van der Waals surface area contributed by atoms with E-state index in [0.717, 1.165) is 15.3 Å². The summed E-state index contributed by atoms with van der Waals surface area (Å²) >= 11 is 0. The van der Waals surface area contributed by atoms with E-state index in [0.29, 0.717) is 43.4 Å². The van der Waals surface area contributed by atoms with E-state index in [-0.39, 0.29) is 22.3 Å². The first kappa shape index (κ1) is 38.6. The normalized spacial score (nSPS) is 14.3. The summed E-state index contributed by atoms with van der Waals surface area (Å²) in [6, 6.07) is 41.0. The van der Waals surface area contributed by atoms with Crippen LogP contribution >= 0.6 is 7.66 Å². The van der Waals surface area contributed by atoms with Gasteiger partial charge in [0.15, 0.2) is 0 Å². The van der Waals surface area contributed by atoms with E-state index in [9.17, 15) is 43.2 Å². The maximum atomic E-state index is 14.4. The molecule has 8 aromatic carbocycles. The standard InChI is InChI=1S/C42H25F6N2O6PS2/c43-41(44,45)58(51,52)49-57(50-59(53,54)42(46,47)48)55-39-35(31-19-17-25-9-1-3-11-27(25)21-31)23-29-13-5-7-15-33(29)37(39)38-34-16-8-6-14-30(34)24-36(40(38)56-57)32-20-18-26-10-2-4-12-28(26)22-32/h1-24,49H. The number of fused-ring (bicyclic) bond motifs is 9. The number of hydrogen-bond donors (Lipinski definition) is 1. The molecule has 0 saturated heterocycles. The molecule has 0 amide bonds. The van der Waals surface area contributed by atoms with Gasteiger partial charge in [-0.1, -0.05) is 125 Å². The van der Waals surface area contributed by atoms with Crippen LogP contribution in [0.4, 0.5) is 26.3 Å². The average molecular weight is 863 g/mol. The lowest BCUT2D eigenvalue weighted by Gasteiger charge is -2.26. The third-order valence-corrected chi connectivity index (χ3v) is 15.5. The number of sulfonamides is 2. The van der Waals surface area contributed by atoms with Crippen molar-refractivity contribution in [2.24, 2.45) is 4.15 Å². The Balaban J connectivity index is 1.52. The second-order valence-electron chi connectivity index (χ2n) is 13.6. The van der Waals surface area contributed by atoms with E-state index < -0.39 is 50.2 Å². The van der Waals surface area contributed by atoms with Gasteiger partial charge in [-0.25, -0.2) is 8.42 Å². The maximum absolute atomic E-state index is 14.4. The van der Waals surface area contributed by atoms with Crippen molar-refractivity contribution in [2.45, 2.75) is 11.0 Å². The summed E-state index contributed by atoms with van der Waals surface area (Å²) < 4.78 is 155. The Hall–Kier alpha value is -5.93. The number of hydrogen-bond acceptors (Lipinski definition) is 6. The molecule has 0 unspecified atom stereocenters. The van der Waals surface area contributed by atoms with E-state index >= 15 is 0 Å². The summed E-state index contributed by atoms with van der Waals surface area (Å²) in [4.78, 5) is 0. The summed E-state index contributed by atoms with van der Waals surface area (Å²) in [6.07, 6.45) is 0. The number of nitrogens with one attached hydrogen (secondary N) is 1. The molecular formula is C42H25F6N2O6PS2. The zero-order valence-corrected chi connectivity index (χ0v) is 32.3. The highest BCUT2D eigenvalue weighted by Gasteiger charge is 2.55. The van der Waals surface area contributed by atoms with Gasteiger partial charge in [0.1, 0.15) is 11.5 Å². The highest BCUT2D eigenvalue weighted by Crippen LogP contribution is 2.64. The minimum atomic E-state index is -6.86. The molecule has 0 aliphatic carbocycles. The Morgan fingerprint density at radius 1 is 0.475 bits per heavy atom. The van der Waals surface area contributed by atoms with Crippen LogP contribution in [0.15, 0.2) is 150 Å². The molecule has 1 aliphatic heterocycles. The second-order valence-corrected chi connectivity index (χ2v) is 19.2.